The molecule has 0 amide bonds. The van der Waals surface area contributed by atoms with Crippen molar-refractivity contribution < 1.29 is 14.3 Å². The highest BCUT2D eigenvalue weighted by Crippen LogP contribution is 2.27. The lowest BCUT2D eigenvalue weighted by molar-refractivity contribution is 0.0600. The average Bonchev–Trinajstić information content (AvgIpc) is 2.64. The van der Waals surface area contributed by atoms with Gasteiger partial charge in [0.25, 0.3) is 0 Å². The third-order valence-corrected chi connectivity index (χ3v) is 4.31. The molecule has 0 unspecified atom stereocenters. The van der Waals surface area contributed by atoms with Gasteiger partial charge in [0, 0.05) is 11.1 Å². The summed E-state index contributed by atoms with van der Waals surface area (Å²) in [4.78, 5) is 23.3. The van der Waals surface area contributed by atoms with Crippen LogP contribution < -0.4 is 0 Å². The summed E-state index contributed by atoms with van der Waals surface area (Å²) in [6.45, 7) is 10.2. The van der Waals surface area contributed by atoms with E-state index in [2.05, 4.69) is 33.4 Å². The molecule has 0 N–H and O–H groups in total. The fraction of sp³-hybridized carbons (Fsp3) is 0.320. The van der Waals surface area contributed by atoms with Crippen molar-refractivity contribution in [1.82, 2.24) is 0 Å². The molecule has 146 valence electrons. The number of rotatable bonds is 5. The second-order valence-corrected chi connectivity index (χ2v) is 8.22. The van der Waals surface area contributed by atoms with E-state index in [4.69, 9.17) is 4.74 Å². The van der Waals surface area contributed by atoms with Crippen molar-refractivity contribution in [3.63, 3.8) is 0 Å². The summed E-state index contributed by atoms with van der Waals surface area (Å²) < 4.78 is 4.78. The zero-order valence-corrected chi connectivity index (χ0v) is 17.6. The summed E-state index contributed by atoms with van der Waals surface area (Å²) in [5.74, 6) is -0.318. The van der Waals surface area contributed by atoms with Crippen molar-refractivity contribution in [2.75, 3.05) is 7.11 Å². The lowest BCUT2D eigenvalue weighted by Crippen LogP contribution is -2.04. The molecule has 0 spiro atoms. The Labute approximate surface area is 167 Å². The predicted octanol–water partition coefficient (Wildman–Crippen LogP) is 6.09. The molecule has 28 heavy (non-hydrogen) atoms. The van der Waals surface area contributed by atoms with Crippen LogP contribution in [0.5, 0.6) is 0 Å². The molecule has 2 aromatic rings. The van der Waals surface area contributed by atoms with E-state index in [-0.39, 0.29) is 17.2 Å². The average molecular weight is 376 g/mol. The standard InChI is InChI=1S/C25H28O3/c1-17(16-25(3,4)5)15-23(20-9-7-19(8-10-20)18(2)26)21-11-13-22(14-12-21)24(27)28-6/h7-14H,16H2,1-6H3. The number of benzene rings is 2. The SMILES string of the molecule is COC(=O)c1ccc(C(=C=C(C)CC(C)(C)C)c2ccc(C(C)=O)cc2)cc1. The second kappa shape index (κ2) is 8.86. The molecule has 0 fully saturated rings. The van der Waals surface area contributed by atoms with Crippen LogP contribution in [0.1, 0.15) is 72.9 Å². The summed E-state index contributed by atoms with van der Waals surface area (Å²) in [5, 5.41) is 0. The maximum Gasteiger partial charge on any atom is 0.337 e. The number of hydrogen-bond donors (Lipinski definition) is 0. The first-order valence-electron chi connectivity index (χ1n) is 9.37. The van der Waals surface area contributed by atoms with Crippen molar-refractivity contribution in [3.05, 3.63) is 82.1 Å². The Bertz CT molecular complexity index is 917. The molecule has 2 rings (SSSR count). The Morgan fingerprint density at radius 3 is 1.64 bits per heavy atom. The number of methoxy groups -OCH3 is 1. The van der Waals surface area contributed by atoms with Crippen LogP contribution in [-0.4, -0.2) is 18.9 Å². The van der Waals surface area contributed by atoms with Crippen LogP contribution in [0, 0.1) is 5.41 Å². The molecule has 0 aromatic heterocycles. The number of hydrogen-bond acceptors (Lipinski definition) is 3. The number of Topliss-reactive ketones (excluding diaryl/α,β-unsaturated/α-hetero) is 1. The van der Waals surface area contributed by atoms with Crippen molar-refractivity contribution in [2.45, 2.75) is 41.0 Å². The summed E-state index contributed by atoms with van der Waals surface area (Å²) in [6.07, 6.45) is 0.919. The molecule has 0 aliphatic heterocycles. The predicted molar refractivity (Wildman–Crippen MR) is 114 cm³/mol. The van der Waals surface area contributed by atoms with Gasteiger partial charge in [-0.15, -0.1) is 5.73 Å². The van der Waals surface area contributed by atoms with Gasteiger partial charge in [0.1, 0.15) is 0 Å². The minimum Gasteiger partial charge on any atom is -0.465 e. The summed E-state index contributed by atoms with van der Waals surface area (Å²) in [6, 6.07) is 14.9. The number of ether oxygens (including phenoxy) is 1. The number of ketones is 1. The van der Waals surface area contributed by atoms with Gasteiger partial charge in [-0.25, -0.2) is 4.79 Å². The van der Waals surface area contributed by atoms with Gasteiger partial charge in [-0.05, 0) is 54.5 Å². The third-order valence-electron chi connectivity index (χ3n) is 4.31. The van der Waals surface area contributed by atoms with Gasteiger partial charge in [0.05, 0.1) is 12.7 Å². The van der Waals surface area contributed by atoms with E-state index in [0.717, 1.165) is 28.7 Å². The number of carbonyl (C=O) groups is 2. The molecule has 3 nitrogen and oxygen atoms in total. The van der Waals surface area contributed by atoms with Crippen LogP contribution in [0.2, 0.25) is 0 Å². The van der Waals surface area contributed by atoms with E-state index in [1.54, 1.807) is 19.1 Å². The quantitative estimate of drug-likeness (QED) is 0.360. The second-order valence-electron chi connectivity index (χ2n) is 8.22. The number of esters is 1. The molecule has 0 saturated heterocycles. The molecule has 0 radical (unpaired) electrons. The molecular weight excluding hydrogens is 348 g/mol. The Kier molecular flexibility index (Phi) is 6.77. The minimum atomic E-state index is -0.359. The minimum absolute atomic E-state index is 0.0407. The molecule has 0 aliphatic rings. The first-order valence-corrected chi connectivity index (χ1v) is 9.37. The number of allylic oxidation sites excluding steroid dienone is 1. The largest absolute Gasteiger partial charge is 0.465 e. The van der Waals surface area contributed by atoms with Gasteiger partial charge in [-0.3, -0.25) is 4.79 Å². The highest BCUT2D eigenvalue weighted by atomic mass is 16.5. The maximum absolute atomic E-state index is 11.7. The Hall–Kier alpha value is -2.90. The fourth-order valence-corrected chi connectivity index (χ4v) is 3.13. The van der Waals surface area contributed by atoms with Crippen LogP contribution in [0.4, 0.5) is 0 Å². The highest BCUT2D eigenvalue weighted by Gasteiger charge is 2.13. The van der Waals surface area contributed by atoms with E-state index >= 15 is 0 Å². The summed E-state index contributed by atoms with van der Waals surface area (Å²) in [5.41, 5.74) is 8.92. The van der Waals surface area contributed by atoms with Crippen molar-refractivity contribution >= 4 is 17.3 Å². The molecule has 0 bridgehead atoms. The molecule has 0 saturated carbocycles. The van der Waals surface area contributed by atoms with Crippen LogP contribution in [0.3, 0.4) is 0 Å². The first-order chi connectivity index (χ1) is 13.1. The van der Waals surface area contributed by atoms with Gasteiger partial charge < -0.3 is 4.74 Å². The third kappa shape index (κ3) is 5.80. The molecule has 0 atom stereocenters. The van der Waals surface area contributed by atoms with Gasteiger partial charge >= 0.3 is 5.97 Å². The van der Waals surface area contributed by atoms with E-state index < -0.39 is 0 Å². The first kappa shape index (κ1) is 21.4. The number of carbonyl (C=O) groups excluding carboxylic acids is 2. The summed E-state index contributed by atoms with van der Waals surface area (Å²) >= 11 is 0. The highest BCUT2D eigenvalue weighted by molar-refractivity contribution is 5.95. The van der Waals surface area contributed by atoms with E-state index in [1.807, 2.05) is 36.4 Å². The van der Waals surface area contributed by atoms with Crippen molar-refractivity contribution in [1.29, 1.82) is 0 Å². The normalized spacial score (nSPS) is 10.8. The zero-order chi connectivity index (χ0) is 20.9. The van der Waals surface area contributed by atoms with Crippen LogP contribution in [-0.2, 0) is 4.74 Å². The fourth-order valence-electron chi connectivity index (χ4n) is 3.13. The van der Waals surface area contributed by atoms with Crippen LogP contribution in [0.15, 0.2) is 59.8 Å². The van der Waals surface area contributed by atoms with E-state index in [0.29, 0.717) is 11.1 Å². The maximum atomic E-state index is 11.7. The van der Waals surface area contributed by atoms with Gasteiger partial charge in [0.15, 0.2) is 5.78 Å². The van der Waals surface area contributed by atoms with Crippen LogP contribution >= 0.6 is 0 Å². The van der Waals surface area contributed by atoms with Gasteiger partial charge in [0.2, 0.25) is 0 Å². The van der Waals surface area contributed by atoms with E-state index in [9.17, 15) is 9.59 Å². The monoisotopic (exact) mass is 376 g/mol. The van der Waals surface area contributed by atoms with Crippen molar-refractivity contribution in [3.8, 4) is 0 Å². The lowest BCUT2D eigenvalue weighted by atomic mass is 9.88. The molecule has 0 aliphatic carbocycles. The van der Waals surface area contributed by atoms with Crippen LogP contribution in [0.25, 0.3) is 5.57 Å². The smallest absolute Gasteiger partial charge is 0.337 e. The molecule has 2 aromatic carbocycles. The Morgan fingerprint density at radius 2 is 1.25 bits per heavy atom. The molecular formula is C25H28O3. The molecule has 3 heteroatoms. The van der Waals surface area contributed by atoms with Gasteiger partial charge in [-0.2, -0.15) is 0 Å². The van der Waals surface area contributed by atoms with E-state index in [1.165, 1.54) is 7.11 Å². The zero-order valence-electron chi connectivity index (χ0n) is 17.6. The lowest BCUT2D eigenvalue weighted by Gasteiger charge is -2.17. The van der Waals surface area contributed by atoms with Gasteiger partial charge in [-0.1, -0.05) is 57.2 Å². The topological polar surface area (TPSA) is 43.4 Å². The van der Waals surface area contributed by atoms with Crippen molar-refractivity contribution in [2.24, 2.45) is 5.41 Å². The Morgan fingerprint density at radius 1 is 0.821 bits per heavy atom. The summed E-state index contributed by atoms with van der Waals surface area (Å²) in [7, 11) is 1.37. The Balaban J connectivity index is 2.57. The molecule has 0 heterocycles.